The van der Waals surface area contributed by atoms with Crippen LogP contribution in [-0.2, 0) is 4.74 Å². The number of hydrogen-bond donors (Lipinski definition) is 1. The van der Waals surface area contributed by atoms with Crippen molar-refractivity contribution in [2.75, 3.05) is 37.7 Å². The van der Waals surface area contributed by atoms with Gasteiger partial charge < -0.3 is 19.9 Å². The number of rotatable bonds is 3. The summed E-state index contributed by atoms with van der Waals surface area (Å²) in [7, 11) is 0. The number of piperidine rings is 1. The molecule has 0 unspecified atom stereocenters. The monoisotopic (exact) mass is 343 g/mol. The van der Waals surface area contributed by atoms with Crippen LogP contribution >= 0.6 is 0 Å². The van der Waals surface area contributed by atoms with Gasteiger partial charge in [0.1, 0.15) is 0 Å². The van der Waals surface area contributed by atoms with Crippen LogP contribution in [0.2, 0.25) is 0 Å². The van der Waals surface area contributed by atoms with Crippen molar-refractivity contribution in [2.45, 2.75) is 44.2 Å². The van der Waals surface area contributed by atoms with Crippen LogP contribution in [0, 0.1) is 5.92 Å². The molecule has 136 valence electrons. The third-order valence-corrected chi connectivity index (χ3v) is 5.95. The van der Waals surface area contributed by atoms with Crippen molar-refractivity contribution in [1.82, 2.24) is 10.2 Å². The molecule has 3 fully saturated rings. The van der Waals surface area contributed by atoms with Gasteiger partial charge in [0.05, 0.1) is 6.10 Å². The number of nitrogens with zero attached hydrogens (tertiary/aromatic N) is 2. The molecule has 4 rings (SSSR count). The van der Waals surface area contributed by atoms with Gasteiger partial charge in [-0.2, -0.15) is 0 Å². The van der Waals surface area contributed by atoms with E-state index in [9.17, 15) is 4.79 Å². The summed E-state index contributed by atoms with van der Waals surface area (Å²) in [6.07, 6.45) is 6.03. The van der Waals surface area contributed by atoms with Crippen LogP contribution in [0.1, 0.15) is 32.1 Å². The molecule has 1 N–H and O–H groups in total. The largest absolute Gasteiger partial charge is 0.378 e. The van der Waals surface area contributed by atoms with Crippen molar-refractivity contribution in [2.24, 2.45) is 5.92 Å². The van der Waals surface area contributed by atoms with Crippen LogP contribution in [0.3, 0.4) is 0 Å². The Balaban J connectivity index is 1.23. The molecule has 2 atom stereocenters. The molecule has 0 aliphatic carbocycles. The first-order valence-corrected chi connectivity index (χ1v) is 9.76. The van der Waals surface area contributed by atoms with Crippen LogP contribution in [0.4, 0.5) is 10.5 Å². The number of para-hydroxylation sites is 1. The number of carbonyl (C=O) groups excluding carboxylic acids is 1. The zero-order chi connectivity index (χ0) is 17.1. The summed E-state index contributed by atoms with van der Waals surface area (Å²) in [5.74, 6) is 0.645. The summed E-state index contributed by atoms with van der Waals surface area (Å²) in [5, 5.41) is 3.25. The normalized spacial score (nSPS) is 27.7. The molecule has 5 heteroatoms. The molecule has 3 saturated heterocycles. The molecule has 3 aliphatic rings. The molecule has 0 bridgehead atoms. The maximum atomic E-state index is 12.6. The first-order valence-electron chi connectivity index (χ1n) is 9.76. The van der Waals surface area contributed by atoms with Crippen molar-refractivity contribution in [1.29, 1.82) is 0 Å². The number of benzene rings is 1. The number of amides is 2. The quantitative estimate of drug-likeness (QED) is 0.918. The Hall–Kier alpha value is -1.75. The second-order valence-corrected chi connectivity index (χ2v) is 7.59. The van der Waals surface area contributed by atoms with Crippen molar-refractivity contribution in [3.63, 3.8) is 0 Å². The number of likely N-dealkylation sites (tertiary alicyclic amines) is 1. The van der Waals surface area contributed by atoms with Gasteiger partial charge in [-0.05, 0) is 50.2 Å². The van der Waals surface area contributed by atoms with Gasteiger partial charge in [0.15, 0.2) is 0 Å². The first kappa shape index (κ1) is 16.7. The maximum absolute atomic E-state index is 12.6. The second-order valence-electron chi connectivity index (χ2n) is 7.59. The lowest BCUT2D eigenvalue weighted by atomic mass is 9.90. The average Bonchev–Trinajstić information content (AvgIpc) is 3.35. The molecule has 0 spiro atoms. The Morgan fingerprint density at radius 2 is 1.84 bits per heavy atom. The number of nitrogens with one attached hydrogen (secondary N) is 1. The van der Waals surface area contributed by atoms with Gasteiger partial charge in [0.2, 0.25) is 0 Å². The number of ether oxygens (including phenoxy) is 1. The van der Waals surface area contributed by atoms with E-state index in [-0.39, 0.29) is 12.1 Å². The van der Waals surface area contributed by atoms with Gasteiger partial charge in [0, 0.05) is 44.5 Å². The zero-order valence-corrected chi connectivity index (χ0v) is 14.9. The molecule has 0 aromatic heterocycles. The van der Waals surface area contributed by atoms with Gasteiger partial charge in [-0.25, -0.2) is 4.79 Å². The fraction of sp³-hybridized carbons (Fsp3) is 0.650. The summed E-state index contributed by atoms with van der Waals surface area (Å²) in [6.45, 7) is 4.57. The van der Waals surface area contributed by atoms with E-state index in [1.165, 1.54) is 18.5 Å². The lowest BCUT2D eigenvalue weighted by molar-refractivity contribution is 0.0371. The topological polar surface area (TPSA) is 44.8 Å². The summed E-state index contributed by atoms with van der Waals surface area (Å²) in [6, 6.07) is 10.8. The molecule has 3 heterocycles. The van der Waals surface area contributed by atoms with E-state index in [4.69, 9.17) is 4.74 Å². The highest BCUT2D eigenvalue weighted by Gasteiger charge is 2.32. The molecule has 3 aliphatic heterocycles. The van der Waals surface area contributed by atoms with Crippen molar-refractivity contribution in [3.05, 3.63) is 30.3 Å². The lowest BCUT2D eigenvalue weighted by Gasteiger charge is -2.35. The second kappa shape index (κ2) is 7.65. The van der Waals surface area contributed by atoms with Crippen molar-refractivity contribution >= 4 is 11.7 Å². The van der Waals surface area contributed by atoms with E-state index in [0.29, 0.717) is 12.0 Å². The van der Waals surface area contributed by atoms with Crippen LogP contribution in [0.5, 0.6) is 0 Å². The van der Waals surface area contributed by atoms with Crippen LogP contribution in [0.25, 0.3) is 0 Å². The lowest BCUT2D eigenvalue weighted by Crippen LogP contribution is -2.49. The van der Waals surface area contributed by atoms with E-state index in [2.05, 4.69) is 34.5 Å². The highest BCUT2D eigenvalue weighted by molar-refractivity contribution is 5.74. The van der Waals surface area contributed by atoms with Crippen LogP contribution < -0.4 is 10.2 Å². The van der Waals surface area contributed by atoms with Gasteiger partial charge in [-0.15, -0.1) is 0 Å². The number of hydrogen-bond acceptors (Lipinski definition) is 3. The minimum atomic E-state index is 0.116. The summed E-state index contributed by atoms with van der Waals surface area (Å²) < 4.78 is 5.83. The van der Waals surface area contributed by atoms with Crippen molar-refractivity contribution < 1.29 is 9.53 Å². The number of carbonyl (C=O) groups is 1. The summed E-state index contributed by atoms with van der Waals surface area (Å²) >= 11 is 0. The molecule has 2 amide bonds. The van der Waals surface area contributed by atoms with E-state index >= 15 is 0 Å². The third kappa shape index (κ3) is 3.92. The van der Waals surface area contributed by atoms with E-state index in [0.717, 1.165) is 52.0 Å². The Bertz CT molecular complexity index is 566. The first-order chi connectivity index (χ1) is 12.3. The van der Waals surface area contributed by atoms with Gasteiger partial charge in [0.25, 0.3) is 0 Å². The Kier molecular flexibility index (Phi) is 5.11. The van der Waals surface area contributed by atoms with Gasteiger partial charge in [-0.1, -0.05) is 18.2 Å². The van der Waals surface area contributed by atoms with E-state index in [1.807, 2.05) is 11.0 Å². The predicted molar refractivity (Wildman–Crippen MR) is 98.9 cm³/mol. The fourth-order valence-corrected chi connectivity index (χ4v) is 4.47. The molecule has 5 nitrogen and oxygen atoms in total. The van der Waals surface area contributed by atoms with Gasteiger partial charge in [-0.3, -0.25) is 0 Å². The zero-order valence-electron chi connectivity index (χ0n) is 14.9. The molecule has 1 aromatic rings. The van der Waals surface area contributed by atoms with Crippen LogP contribution in [0.15, 0.2) is 30.3 Å². The third-order valence-electron chi connectivity index (χ3n) is 5.95. The fourth-order valence-electron chi connectivity index (χ4n) is 4.47. The minimum Gasteiger partial charge on any atom is -0.378 e. The Morgan fingerprint density at radius 1 is 1.04 bits per heavy atom. The van der Waals surface area contributed by atoms with E-state index < -0.39 is 0 Å². The SMILES string of the molecule is O=C(N[C@@H]1CCN(c2ccccc2)C1)N1CCC([C@@H]2CCCO2)CC1. The molecular formula is C20H29N3O2. The maximum Gasteiger partial charge on any atom is 0.317 e. The standard InChI is InChI=1S/C20H29N3O2/c24-20(22-11-8-16(9-12-22)19-7-4-14-25-19)21-17-10-13-23(15-17)18-5-2-1-3-6-18/h1-3,5-6,16-17,19H,4,7-15H2,(H,21,24)/t17-,19+/m1/s1. The molecule has 1 aromatic carbocycles. The Morgan fingerprint density at radius 3 is 2.56 bits per heavy atom. The summed E-state index contributed by atoms with van der Waals surface area (Å²) in [4.78, 5) is 16.9. The number of anilines is 1. The van der Waals surface area contributed by atoms with Crippen LogP contribution in [-0.4, -0.2) is 55.9 Å². The predicted octanol–water partition coefficient (Wildman–Crippen LogP) is 2.87. The van der Waals surface area contributed by atoms with Crippen molar-refractivity contribution in [3.8, 4) is 0 Å². The molecule has 0 radical (unpaired) electrons. The van der Waals surface area contributed by atoms with E-state index in [1.54, 1.807) is 0 Å². The summed E-state index contributed by atoms with van der Waals surface area (Å²) in [5.41, 5.74) is 1.25. The average molecular weight is 343 g/mol. The molecule has 0 saturated carbocycles. The highest BCUT2D eigenvalue weighted by atomic mass is 16.5. The smallest absolute Gasteiger partial charge is 0.317 e. The molecular weight excluding hydrogens is 314 g/mol. The number of urea groups is 1. The van der Waals surface area contributed by atoms with Gasteiger partial charge >= 0.3 is 6.03 Å². The highest BCUT2D eigenvalue weighted by Crippen LogP contribution is 2.29. The Labute approximate surface area is 150 Å². The minimum absolute atomic E-state index is 0.116. The molecule has 25 heavy (non-hydrogen) atoms.